The van der Waals surface area contributed by atoms with Gasteiger partial charge in [0, 0.05) is 0 Å². The molecule has 112 valence electrons. The molecule has 0 bridgehead atoms. The fourth-order valence-corrected chi connectivity index (χ4v) is 3.11. The second kappa shape index (κ2) is 6.60. The van der Waals surface area contributed by atoms with Crippen LogP contribution < -0.4 is 9.04 Å². The number of nitrogens with zero attached hydrogens (tertiary/aromatic N) is 1. The second-order valence-electron chi connectivity index (χ2n) is 4.25. The van der Waals surface area contributed by atoms with Gasteiger partial charge in [0.1, 0.15) is 11.8 Å². The predicted octanol–water partition coefficient (Wildman–Crippen LogP) is 1.71. The van der Waals surface area contributed by atoms with Crippen LogP contribution in [0.15, 0.2) is 24.3 Å². The predicted molar refractivity (Wildman–Crippen MR) is 76.6 cm³/mol. The highest BCUT2D eigenvalue weighted by Gasteiger charge is 2.31. The molecule has 0 saturated carbocycles. The fraction of sp³-hybridized carbons (Fsp3) is 0.462. The molecule has 0 spiro atoms. The van der Waals surface area contributed by atoms with E-state index in [4.69, 9.17) is 4.74 Å². The monoisotopic (exact) mass is 301 g/mol. The number of anilines is 1. The lowest BCUT2D eigenvalue weighted by molar-refractivity contribution is -0.138. The minimum absolute atomic E-state index is 0.176. The van der Waals surface area contributed by atoms with Crippen molar-refractivity contribution in [2.45, 2.75) is 26.3 Å². The maximum Gasteiger partial charge on any atom is 0.327 e. The zero-order valence-corrected chi connectivity index (χ0v) is 12.6. The third-order valence-corrected chi connectivity index (χ3v) is 3.89. The third-order valence-electron chi connectivity index (χ3n) is 2.71. The molecule has 1 unspecified atom stereocenters. The van der Waals surface area contributed by atoms with Gasteiger partial charge in [0.05, 0.1) is 18.6 Å². The molecule has 0 aliphatic heterocycles. The van der Waals surface area contributed by atoms with Gasteiger partial charge in [0.15, 0.2) is 0 Å². The van der Waals surface area contributed by atoms with E-state index < -0.39 is 22.0 Å². The molecule has 1 rings (SSSR count). The van der Waals surface area contributed by atoms with Crippen molar-refractivity contribution < 1.29 is 23.1 Å². The molecule has 1 N–H and O–H groups in total. The molecule has 0 saturated heterocycles. The van der Waals surface area contributed by atoms with Crippen molar-refractivity contribution in [2.75, 3.05) is 17.2 Å². The van der Waals surface area contributed by atoms with Gasteiger partial charge in [-0.25, -0.2) is 13.2 Å². The van der Waals surface area contributed by atoms with Gasteiger partial charge < -0.3 is 9.84 Å². The molecule has 0 aromatic heterocycles. The second-order valence-corrected chi connectivity index (χ2v) is 6.11. The van der Waals surface area contributed by atoms with Crippen LogP contribution in [-0.4, -0.2) is 38.4 Å². The van der Waals surface area contributed by atoms with E-state index in [0.717, 1.165) is 10.6 Å². The highest BCUT2D eigenvalue weighted by molar-refractivity contribution is 7.92. The molecule has 7 heteroatoms. The number of rotatable bonds is 7. The van der Waals surface area contributed by atoms with Crippen molar-refractivity contribution in [3.63, 3.8) is 0 Å². The first kappa shape index (κ1) is 16.3. The molecular weight excluding hydrogens is 282 g/mol. The van der Waals surface area contributed by atoms with Crippen LogP contribution in [0, 0.1) is 0 Å². The summed E-state index contributed by atoms with van der Waals surface area (Å²) in [6, 6.07) is 5.19. The Morgan fingerprint density at radius 2 is 1.85 bits per heavy atom. The Kier molecular flexibility index (Phi) is 5.38. The normalized spacial score (nSPS) is 12.8. The summed E-state index contributed by atoms with van der Waals surface area (Å²) in [5.41, 5.74) is 0.310. The van der Waals surface area contributed by atoms with Crippen molar-refractivity contribution >= 4 is 21.7 Å². The largest absolute Gasteiger partial charge is 0.494 e. The summed E-state index contributed by atoms with van der Waals surface area (Å²) in [5, 5.41) is 9.18. The van der Waals surface area contributed by atoms with E-state index in [1.165, 1.54) is 12.1 Å². The van der Waals surface area contributed by atoms with Crippen LogP contribution in [-0.2, 0) is 14.8 Å². The van der Waals surface area contributed by atoms with E-state index in [9.17, 15) is 18.3 Å². The van der Waals surface area contributed by atoms with E-state index in [1.54, 1.807) is 19.1 Å². The van der Waals surface area contributed by atoms with Gasteiger partial charge >= 0.3 is 5.97 Å². The quantitative estimate of drug-likeness (QED) is 0.829. The Balaban J connectivity index is 3.21. The van der Waals surface area contributed by atoms with E-state index in [1.807, 2.05) is 6.92 Å². The summed E-state index contributed by atoms with van der Waals surface area (Å²) in [4.78, 5) is 11.2. The van der Waals surface area contributed by atoms with Gasteiger partial charge in [-0.05, 0) is 37.6 Å². The average Bonchev–Trinajstić information content (AvgIpc) is 2.35. The lowest BCUT2D eigenvalue weighted by Crippen LogP contribution is -2.44. The van der Waals surface area contributed by atoms with Crippen LogP contribution in [0.4, 0.5) is 5.69 Å². The van der Waals surface area contributed by atoms with Crippen molar-refractivity contribution in [1.82, 2.24) is 0 Å². The number of sulfonamides is 1. The molecule has 0 fully saturated rings. The molecule has 0 aliphatic rings. The number of benzene rings is 1. The van der Waals surface area contributed by atoms with E-state index in [-0.39, 0.29) is 6.42 Å². The minimum Gasteiger partial charge on any atom is -0.494 e. The SMILES string of the molecule is CCOc1ccc(N(C(CC)C(=O)O)S(C)(=O)=O)cc1. The van der Waals surface area contributed by atoms with Gasteiger partial charge in [0.25, 0.3) is 0 Å². The van der Waals surface area contributed by atoms with Crippen molar-refractivity contribution in [3.8, 4) is 5.75 Å². The maximum absolute atomic E-state index is 11.9. The molecule has 1 aromatic carbocycles. The van der Waals surface area contributed by atoms with Crippen LogP contribution in [0.3, 0.4) is 0 Å². The third kappa shape index (κ3) is 3.86. The number of carboxylic acid groups (broad SMARTS) is 1. The molecule has 1 aromatic rings. The lowest BCUT2D eigenvalue weighted by atomic mass is 10.2. The van der Waals surface area contributed by atoms with Crippen LogP contribution in [0.25, 0.3) is 0 Å². The van der Waals surface area contributed by atoms with Gasteiger partial charge in [0.2, 0.25) is 10.0 Å². The molecule has 6 nitrogen and oxygen atoms in total. The van der Waals surface area contributed by atoms with Crippen molar-refractivity contribution in [3.05, 3.63) is 24.3 Å². The molecule has 0 aliphatic carbocycles. The Morgan fingerprint density at radius 3 is 2.20 bits per heavy atom. The first-order valence-electron chi connectivity index (χ1n) is 6.26. The average molecular weight is 301 g/mol. The van der Waals surface area contributed by atoms with Crippen LogP contribution in [0.5, 0.6) is 5.75 Å². The van der Waals surface area contributed by atoms with Gasteiger partial charge in [-0.3, -0.25) is 4.31 Å². The lowest BCUT2D eigenvalue weighted by Gasteiger charge is -2.28. The Labute approximate surface area is 119 Å². The topological polar surface area (TPSA) is 83.9 Å². The highest BCUT2D eigenvalue weighted by atomic mass is 32.2. The molecule has 20 heavy (non-hydrogen) atoms. The van der Waals surface area contributed by atoms with E-state index in [2.05, 4.69) is 0 Å². The van der Waals surface area contributed by atoms with E-state index in [0.29, 0.717) is 18.0 Å². The van der Waals surface area contributed by atoms with Crippen LogP contribution in [0.1, 0.15) is 20.3 Å². The van der Waals surface area contributed by atoms with Gasteiger partial charge in [-0.2, -0.15) is 0 Å². The number of carbonyl (C=O) groups is 1. The summed E-state index contributed by atoms with van der Waals surface area (Å²) in [5.74, 6) is -0.570. The smallest absolute Gasteiger partial charge is 0.327 e. The highest BCUT2D eigenvalue weighted by Crippen LogP contribution is 2.25. The number of carboxylic acids is 1. The Hall–Kier alpha value is -1.76. The zero-order chi connectivity index (χ0) is 15.3. The summed E-state index contributed by atoms with van der Waals surface area (Å²) in [6.45, 7) is 3.97. The molecule has 0 amide bonds. The summed E-state index contributed by atoms with van der Waals surface area (Å²) >= 11 is 0. The van der Waals surface area contributed by atoms with Gasteiger partial charge in [-0.15, -0.1) is 0 Å². The van der Waals surface area contributed by atoms with Crippen molar-refractivity contribution in [1.29, 1.82) is 0 Å². The fourth-order valence-electron chi connectivity index (χ4n) is 1.90. The minimum atomic E-state index is -3.69. The first-order valence-corrected chi connectivity index (χ1v) is 8.11. The molecule has 0 heterocycles. The number of ether oxygens (including phenoxy) is 1. The van der Waals surface area contributed by atoms with Crippen LogP contribution >= 0.6 is 0 Å². The summed E-state index contributed by atoms with van der Waals surface area (Å²) in [7, 11) is -3.69. The Morgan fingerprint density at radius 1 is 1.30 bits per heavy atom. The van der Waals surface area contributed by atoms with Crippen LogP contribution in [0.2, 0.25) is 0 Å². The Bertz CT molecular complexity index is 553. The first-order chi connectivity index (χ1) is 9.31. The van der Waals surface area contributed by atoms with E-state index >= 15 is 0 Å². The maximum atomic E-state index is 11.9. The van der Waals surface area contributed by atoms with Gasteiger partial charge in [-0.1, -0.05) is 6.92 Å². The zero-order valence-electron chi connectivity index (χ0n) is 11.7. The molecular formula is C13H19NO5S. The number of hydrogen-bond donors (Lipinski definition) is 1. The number of aliphatic carboxylic acids is 1. The van der Waals surface area contributed by atoms with Crippen molar-refractivity contribution in [2.24, 2.45) is 0 Å². The number of hydrogen-bond acceptors (Lipinski definition) is 4. The molecule has 1 atom stereocenters. The summed E-state index contributed by atoms with van der Waals surface area (Å²) < 4.78 is 30.0. The standard InChI is InChI=1S/C13H19NO5S/c1-4-12(13(15)16)14(20(3,17)18)10-6-8-11(9-7-10)19-5-2/h6-9,12H,4-5H2,1-3H3,(H,15,16). The molecule has 0 radical (unpaired) electrons. The summed E-state index contributed by atoms with van der Waals surface area (Å²) in [6.07, 6.45) is 1.17.